The summed E-state index contributed by atoms with van der Waals surface area (Å²) in [4.78, 5) is 16.8. The molecule has 128 valence electrons. The Labute approximate surface area is 146 Å². The van der Waals surface area contributed by atoms with Crippen molar-refractivity contribution in [3.63, 3.8) is 0 Å². The first-order chi connectivity index (χ1) is 12.2. The third-order valence-corrected chi connectivity index (χ3v) is 4.86. The summed E-state index contributed by atoms with van der Waals surface area (Å²) in [5.41, 5.74) is 2.93. The number of carbonyl (C=O) groups excluding carboxylic acids is 1. The Morgan fingerprint density at radius 2 is 2.12 bits per heavy atom. The van der Waals surface area contributed by atoms with Crippen molar-refractivity contribution in [2.45, 2.75) is 26.3 Å². The predicted molar refractivity (Wildman–Crippen MR) is 97.4 cm³/mol. The van der Waals surface area contributed by atoms with Gasteiger partial charge in [-0.25, -0.2) is 4.79 Å². The van der Waals surface area contributed by atoms with E-state index in [0.29, 0.717) is 6.54 Å². The number of urea groups is 1. The SMILES string of the molecule is Cc1ccc(NC(=O)NCC2(Cn3cccn3)CC2)c2cccnc12. The smallest absolute Gasteiger partial charge is 0.319 e. The maximum atomic E-state index is 12.4. The van der Waals surface area contributed by atoms with Crippen molar-refractivity contribution in [1.82, 2.24) is 20.1 Å². The number of carbonyl (C=O) groups is 1. The molecule has 4 rings (SSSR count). The molecule has 25 heavy (non-hydrogen) atoms. The fourth-order valence-electron chi connectivity index (χ4n) is 3.16. The number of hydrogen-bond donors (Lipinski definition) is 2. The Bertz CT molecular complexity index is 899. The van der Waals surface area contributed by atoms with Gasteiger partial charge in [0.25, 0.3) is 0 Å². The highest BCUT2D eigenvalue weighted by molar-refractivity contribution is 6.01. The maximum Gasteiger partial charge on any atom is 0.319 e. The molecule has 0 spiro atoms. The van der Waals surface area contributed by atoms with Gasteiger partial charge in [0.05, 0.1) is 11.2 Å². The topological polar surface area (TPSA) is 71.8 Å². The van der Waals surface area contributed by atoms with E-state index in [2.05, 4.69) is 20.7 Å². The fourth-order valence-corrected chi connectivity index (χ4v) is 3.16. The molecular formula is C19H21N5O. The zero-order chi connectivity index (χ0) is 17.3. The molecule has 0 atom stereocenters. The molecule has 2 amide bonds. The van der Waals surface area contributed by atoms with E-state index >= 15 is 0 Å². The normalized spacial score (nSPS) is 15.1. The van der Waals surface area contributed by atoms with Crippen molar-refractivity contribution in [3.8, 4) is 0 Å². The van der Waals surface area contributed by atoms with Crippen LogP contribution in [0, 0.1) is 12.3 Å². The average Bonchev–Trinajstić information content (AvgIpc) is 3.19. The first kappa shape index (κ1) is 15.6. The van der Waals surface area contributed by atoms with Crippen LogP contribution < -0.4 is 10.6 Å². The summed E-state index contributed by atoms with van der Waals surface area (Å²) in [5, 5.41) is 11.2. The Morgan fingerprint density at radius 3 is 2.88 bits per heavy atom. The maximum absolute atomic E-state index is 12.4. The fraction of sp³-hybridized carbons (Fsp3) is 0.316. The van der Waals surface area contributed by atoms with E-state index in [0.717, 1.165) is 41.5 Å². The van der Waals surface area contributed by atoms with Gasteiger partial charge >= 0.3 is 6.03 Å². The number of nitrogens with one attached hydrogen (secondary N) is 2. The number of aryl methyl sites for hydroxylation is 1. The number of rotatable bonds is 5. The zero-order valence-corrected chi connectivity index (χ0v) is 14.2. The second-order valence-corrected chi connectivity index (χ2v) is 6.84. The van der Waals surface area contributed by atoms with Crippen LogP contribution in [0.2, 0.25) is 0 Å². The average molecular weight is 335 g/mol. The number of anilines is 1. The molecule has 6 heteroatoms. The van der Waals surface area contributed by atoms with Crippen molar-refractivity contribution in [2.24, 2.45) is 5.41 Å². The van der Waals surface area contributed by atoms with Crippen molar-refractivity contribution in [2.75, 3.05) is 11.9 Å². The van der Waals surface area contributed by atoms with Gasteiger partial charge in [0.1, 0.15) is 0 Å². The minimum atomic E-state index is -0.180. The molecule has 1 saturated carbocycles. The van der Waals surface area contributed by atoms with Gasteiger partial charge in [0.2, 0.25) is 0 Å². The van der Waals surface area contributed by atoms with E-state index in [1.807, 2.05) is 48.1 Å². The quantitative estimate of drug-likeness (QED) is 0.751. The molecule has 1 aliphatic rings. The largest absolute Gasteiger partial charge is 0.337 e. The Hall–Kier alpha value is -2.89. The molecule has 2 heterocycles. The zero-order valence-electron chi connectivity index (χ0n) is 14.2. The molecule has 1 aromatic carbocycles. The van der Waals surface area contributed by atoms with Crippen LogP contribution in [0.1, 0.15) is 18.4 Å². The lowest BCUT2D eigenvalue weighted by molar-refractivity contribution is 0.248. The highest BCUT2D eigenvalue weighted by Crippen LogP contribution is 2.46. The Morgan fingerprint density at radius 1 is 1.24 bits per heavy atom. The van der Waals surface area contributed by atoms with Gasteiger partial charge in [-0.15, -0.1) is 0 Å². The summed E-state index contributed by atoms with van der Waals surface area (Å²) < 4.78 is 1.94. The van der Waals surface area contributed by atoms with Gasteiger partial charge in [-0.05, 0) is 49.6 Å². The molecule has 0 saturated heterocycles. The molecule has 2 aromatic heterocycles. The highest BCUT2D eigenvalue weighted by Gasteiger charge is 2.43. The molecule has 0 bridgehead atoms. The molecule has 2 N–H and O–H groups in total. The third kappa shape index (κ3) is 3.33. The van der Waals surface area contributed by atoms with E-state index < -0.39 is 0 Å². The van der Waals surface area contributed by atoms with Gasteiger partial charge in [-0.3, -0.25) is 9.67 Å². The lowest BCUT2D eigenvalue weighted by Crippen LogP contribution is -2.35. The van der Waals surface area contributed by atoms with Crippen LogP contribution in [-0.4, -0.2) is 27.3 Å². The highest BCUT2D eigenvalue weighted by atomic mass is 16.2. The first-order valence-electron chi connectivity index (χ1n) is 8.52. The predicted octanol–water partition coefficient (Wildman–Crippen LogP) is 3.34. The van der Waals surface area contributed by atoms with Crippen LogP contribution in [0.15, 0.2) is 48.9 Å². The van der Waals surface area contributed by atoms with Crippen LogP contribution in [0.5, 0.6) is 0 Å². The third-order valence-electron chi connectivity index (χ3n) is 4.86. The van der Waals surface area contributed by atoms with E-state index in [9.17, 15) is 4.79 Å². The standard InChI is InChI=1S/C19H21N5O/c1-14-5-6-16(15-4-2-9-20-17(14)15)23-18(25)21-12-19(7-8-19)13-24-11-3-10-22-24/h2-6,9-11H,7-8,12-13H2,1H3,(H2,21,23,25). The van der Waals surface area contributed by atoms with Gasteiger partial charge in [0, 0.05) is 42.5 Å². The molecular weight excluding hydrogens is 314 g/mol. The number of amides is 2. The van der Waals surface area contributed by atoms with Crippen LogP contribution in [0.4, 0.5) is 10.5 Å². The van der Waals surface area contributed by atoms with Crippen LogP contribution >= 0.6 is 0 Å². The van der Waals surface area contributed by atoms with Gasteiger partial charge < -0.3 is 10.6 Å². The number of pyridine rings is 1. The number of nitrogens with zero attached hydrogens (tertiary/aromatic N) is 3. The molecule has 0 unspecified atom stereocenters. The molecule has 3 aromatic rings. The number of benzene rings is 1. The summed E-state index contributed by atoms with van der Waals surface area (Å²) in [6.45, 7) is 3.52. The van der Waals surface area contributed by atoms with Crippen LogP contribution in [0.3, 0.4) is 0 Å². The first-order valence-corrected chi connectivity index (χ1v) is 8.52. The number of hydrogen-bond acceptors (Lipinski definition) is 3. The van der Waals surface area contributed by atoms with Gasteiger partial charge in [0.15, 0.2) is 0 Å². The van der Waals surface area contributed by atoms with Gasteiger partial charge in [-0.2, -0.15) is 5.10 Å². The van der Waals surface area contributed by atoms with Crippen molar-refractivity contribution in [3.05, 3.63) is 54.5 Å². The summed E-state index contributed by atoms with van der Waals surface area (Å²) in [6.07, 6.45) is 7.75. The number of aromatic nitrogens is 3. The van der Waals surface area contributed by atoms with Crippen molar-refractivity contribution in [1.29, 1.82) is 0 Å². The number of fused-ring (bicyclic) bond motifs is 1. The second-order valence-electron chi connectivity index (χ2n) is 6.84. The molecule has 6 nitrogen and oxygen atoms in total. The molecule has 1 aliphatic carbocycles. The van der Waals surface area contributed by atoms with E-state index in [-0.39, 0.29) is 11.4 Å². The van der Waals surface area contributed by atoms with Crippen molar-refractivity contribution < 1.29 is 4.79 Å². The van der Waals surface area contributed by atoms with Crippen molar-refractivity contribution >= 4 is 22.6 Å². The van der Waals surface area contributed by atoms with Crippen LogP contribution in [0.25, 0.3) is 10.9 Å². The molecule has 0 radical (unpaired) electrons. The van der Waals surface area contributed by atoms with E-state index in [4.69, 9.17) is 0 Å². The van der Waals surface area contributed by atoms with Crippen LogP contribution in [-0.2, 0) is 6.54 Å². The summed E-state index contributed by atoms with van der Waals surface area (Å²) in [7, 11) is 0. The summed E-state index contributed by atoms with van der Waals surface area (Å²) >= 11 is 0. The minimum absolute atomic E-state index is 0.139. The molecule has 1 fully saturated rings. The Balaban J connectivity index is 1.41. The Kier molecular flexibility index (Phi) is 3.87. The minimum Gasteiger partial charge on any atom is -0.337 e. The monoisotopic (exact) mass is 335 g/mol. The van der Waals surface area contributed by atoms with E-state index in [1.165, 1.54) is 0 Å². The molecule has 0 aliphatic heterocycles. The van der Waals surface area contributed by atoms with Gasteiger partial charge in [-0.1, -0.05) is 6.07 Å². The summed E-state index contributed by atoms with van der Waals surface area (Å²) in [6, 6.07) is 9.51. The second kappa shape index (κ2) is 6.20. The summed E-state index contributed by atoms with van der Waals surface area (Å²) in [5.74, 6) is 0. The lowest BCUT2D eigenvalue weighted by atomic mass is 10.1. The lowest BCUT2D eigenvalue weighted by Gasteiger charge is -2.17. The van der Waals surface area contributed by atoms with E-state index in [1.54, 1.807) is 12.4 Å².